The van der Waals surface area contributed by atoms with Gasteiger partial charge in [0, 0.05) is 33.7 Å². The van der Waals surface area contributed by atoms with E-state index in [0.29, 0.717) is 5.56 Å². The zero-order valence-corrected chi connectivity index (χ0v) is 12.7. The molecule has 0 amide bonds. The molecule has 8 heteroatoms. The number of nitro benzene ring substituents is 1. The molecule has 21 heavy (non-hydrogen) atoms. The van der Waals surface area contributed by atoms with Crippen LogP contribution in [0.3, 0.4) is 0 Å². The molecule has 0 radical (unpaired) electrons. The highest BCUT2D eigenvalue weighted by molar-refractivity contribution is 9.10. The summed E-state index contributed by atoms with van der Waals surface area (Å²) in [5, 5.41) is 13.9. The number of hydrogen-bond acceptors (Lipinski definition) is 3. The highest BCUT2D eigenvalue weighted by Crippen LogP contribution is 2.29. The maximum Gasteiger partial charge on any atom is 0.275 e. The molecule has 0 aliphatic heterocycles. The Morgan fingerprint density at radius 2 is 2.00 bits per heavy atom. The van der Waals surface area contributed by atoms with Gasteiger partial charge in [-0.15, -0.1) is 0 Å². The van der Waals surface area contributed by atoms with Gasteiger partial charge in [-0.05, 0) is 34.1 Å². The first-order valence-corrected chi connectivity index (χ1v) is 6.87. The van der Waals surface area contributed by atoms with Gasteiger partial charge in [0.1, 0.15) is 11.6 Å². The second-order valence-corrected chi connectivity index (χ2v) is 5.42. The van der Waals surface area contributed by atoms with Crippen LogP contribution in [0.2, 0.25) is 5.02 Å². The molecule has 2 rings (SSSR count). The van der Waals surface area contributed by atoms with Gasteiger partial charge in [-0.25, -0.2) is 8.78 Å². The summed E-state index contributed by atoms with van der Waals surface area (Å²) in [5.74, 6) is -1.51. The molecular weight excluding hydrogens is 370 g/mol. The molecule has 0 fully saturated rings. The summed E-state index contributed by atoms with van der Waals surface area (Å²) < 4.78 is 26.8. The first-order valence-electron chi connectivity index (χ1n) is 5.69. The van der Waals surface area contributed by atoms with E-state index in [9.17, 15) is 18.9 Å². The quantitative estimate of drug-likeness (QED) is 0.609. The van der Waals surface area contributed by atoms with Gasteiger partial charge in [0.25, 0.3) is 5.69 Å². The van der Waals surface area contributed by atoms with Crippen molar-refractivity contribution in [1.29, 1.82) is 0 Å². The van der Waals surface area contributed by atoms with Crippen LogP contribution in [0.1, 0.15) is 5.56 Å². The van der Waals surface area contributed by atoms with Gasteiger partial charge < -0.3 is 5.32 Å². The SMILES string of the molecule is O=[N+]([O-])c1cc(Cl)ccc1CNc1c(F)cc(F)cc1Br. The minimum Gasteiger partial charge on any atom is -0.377 e. The van der Waals surface area contributed by atoms with Crippen molar-refractivity contribution in [2.45, 2.75) is 6.54 Å². The van der Waals surface area contributed by atoms with E-state index in [0.717, 1.165) is 12.1 Å². The minimum absolute atomic E-state index is 0.00532. The summed E-state index contributed by atoms with van der Waals surface area (Å²) in [6.45, 7) is -0.00532. The third-order valence-corrected chi connectivity index (χ3v) is 3.57. The number of anilines is 1. The lowest BCUT2D eigenvalue weighted by Crippen LogP contribution is -2.05. The predicted octanol–water partition coefficient (Wildman–Crippen LogP) is 4.90. The lowest BCUT2D eigenvalue weighted by Gasteiger charge is -2.10. The molecule has 0 saturated heterocycles. The summed E-state index contributed by atoms with van der Waals surface area (Å²) >= 11 is 8.74. The van der Waals surface area contributed by atoms with Crippen molar-refractivity contribution in [2.24, 2.45) is 0 Å². The second kappa shape index (κ2) is 6.36. The molecule has 0 unspecified atom stereocenters. The Kier molecular flexibility index (Phi) is 4.74. The number of nitro groups is 1. The number of rotatable bonds is 4. The van der Waals surface area contributed by atoms with Crippen LogP contribution in [-0.2, 0) is 6.54 Å². The van der Waals surface area contributed by atoms with E-state index in [1.807, 2.05) is 0 Å². The molecular formula is C13H8BrClF2N2O2. The number of halogens is 4. The third-order valence-electron chi connectivity index (χ3n) is 2.71. The van der Waals surface area contributed by atoms with Crippen LogP contribution in [-0.4, -0.2) is 4.92 Å². The fourth-order valence-corrected chi connectivity index (χ4v) is 2.47. The van der Waals surface area contributed by atoms with E-state index in [1.165, 1.54) is 18.2 Å². The van der Waals surface area contributed by atoms with Gasteiger partial charge in [-0.3, -0.25) is 10.1 Å². The van der Waals surface area contributed by atoms with Gasteiger partial charge in [0.2, 0.25) is 0 Å². The monoisotopic (exact) mass is 376 g/mol. The van der Waals surface area contributed by atoms with E-state index < -0.39 is 16.6 Å². The smallest absolute Gasteiger partial charge is 0.275 e. The van der Waals surface area contributed by atoms with Crippen LogP contribution in [0.25, 0.3) is 0 Å². The zero-order valence-electron chi connectivity index (χ0n) is 10.4. The lowest BCUT2D eigenvalue weighted by atomic mass is 10.1. The Labute approximate surface area is 132 Å². The normalized spacial score (nSPS) is 10.5. The van der Waals surface area contributed by atoms with Crippen molar-refractivity contribution in [3.8, 4) is 0 Å². The van der Waals surface area contributed by atoms with Gasteiger partial charge in [-0.1, -0.05) is 11.6 Å². The van der Waals surface area contributed by atoms with Crippen molar-refractivity contribution in [3.63, 3.8) is 0 Å². The largest absolute Gasteiger partial charge is 0.377 e. The fraction of sp³-hybridized carbons (Fsp3) is 0.0769. The Morgan fingerprint density at radius 3 is 2.62 bits per heavy atom. The molecule has 0 aliphatic rings. The maximum absolute atomic E-state index is 13.6. The zero-order chi connectivity index (χ0) is 15.6. The number of hydrogen-bond donors (Lipinski definition) is 1. The summed E-state index contributed by atoms with van der Waals surface area (Å²) in [6.07, 6.45) is 0. The molecule has 0 bridgehead atoms. The van der Waals surface area contributed by atoms with Crippen LogP contribution in [0.5, 0.6) is 0 Å². The highest BCUT2D eigenvalue weighted by atomic mass is 79.9. The van der Waals surface area contributed by atoms with Crippen LogP contribution in [0, 0.1) is 21.7 Å². The first kappa shape index (κ1) is 15.7. The Hall–Kier alpha value is -1.73. The summed E-state index contributed by atoms with van der Waals surface area (Å²) in [4.78, 5) is 10.4. The molecule has 4 nitrogen and oxygen atoms in total. The van der Waals surface area contributed by atoms with E-state index in [2.05, 4.69) is 21.2 Å². The topological polar surface area (TPSA) is 55.2 Å². The third kappa shape index (κ3) is 3.68. The van der Waals surface area contributed by atoms with Crippen molar-refractivity contribution in [1.82, 2.24) is 0 Å². The summed E-state index contributed by atoms with van der Waals surface area (Å²) in [7, 11) is 0. The van der Waals surface area contributed by atoms with Gasteiger partial charge in [-0.2, -0.15) is 0 Å². The lowest BCUT2D eigenvalue weighted by molar-refractivity contribution is -0.385. The Balaban J connectivity index is 2.27. The summed E-state index contributed by atoms with van der Waals surface area (Å²) in [5.41, 5.74) is 0.189. The minimum atomic E-state index is -0.793. The average Bonchev–Trinajstić information content (AvgIpc) is 2.38. The van der Waals surface area contributed by atoms with Crippen molar-refractivity contribution >= 4 is 38.9 Å². The van der Waals surface area contributed by atoms with Crippen molar-refractivity contribution in [3.05, 3.63) is 67.1 Å². The van der Waals surface area contributed by atoms with E-state index >= 15 is 0 Å². The standard InChI is InChI=1S/C13H8BrClF2N2O2/c14-10-4-9(16)5-11(17)13(10)18-6-7-1-2-8(15)3-12(7)19(20)21/h1-5,18H,6H2. The molecule has 1 N–H and O–H groups in total. The first-order chi connectivity index (χ1) is 9.88. The van der Waals surface area contributed by atoms with E-state index in [-0.39, 0.29) is 27.4 Å². The van der Waals surface area contributed by atoms with Crippen LogP contribution in [0.4, 0.5) is 20.2 Å². The van der Waals surface area contributed by atoms with E-state index in [1.54, 1.807) is 0 Å². The molecule has 110 valence electrons. The van der Waals surface area contributed by atoms with Gasteiger partial charge in [0.15, 0.2) is 0 Å². The fourth-order valence-electron chi connectivity index (χ4n) is 1.75. The molecule has 0 aromatic heterocycles. The average molecular weight is 378 g/mol. The molecule has 0 atom stereocenters. The van der Waals surface area contributed by atoms with E-state index in [4.69, 9.17) is 11.6 Å². The Bertz CT molecular complexity index is 690. The molecule has 2 aromatic carbocycles. The molecule has 0 aliphatic carbocycles. The van der Waals surface area contributed by atoms with Gasteiger partial charge >= 0.3 is 0 Å². The van der Waals surface area contributed by atoms with Crippen LogP contribution < -0.4 is 5.32 Å². The van der Waals surface area contributed by atoms with Crippen LogP contribution >= 0.6 is 27.5 Å². The molecule has 0 saturated carbocycles. The van der Waals surface area contributed by atoms with Gasteiger partial charge in [0.05, 0.1) is 10.6 Å². The predicted molar refractivity (Wildman–Crippen MR) is 79.5 cm³/mol. The summed E-state index contributed by atoms with van der Waals surface area (Å²) in [6, 6.07) is 6.02. The molecule has 0 spiro atoms. The van der Waals surface area contributed by atoms with Crippen molar-refractivity contribution < 1.29 is 13.7 Å². The number of benzene rings is 2. The highest BCUT2D eigenvalue weighted by Gasteiger charge is 2.16. The van der Waals surface area contributed by atoms with Crippen molar-refractivity contribution in [2.75, 3.05) is 5.32 Å². The number of nitrogens with zero attached hydrogens (tertiary/aromatic N) is 1. The maximum atomic E-state index is 13.6. The molecule has 0 heterocycles. The second-order valence-electron chi connectivity index (χ2n) is 4.13. The van der Waals surface area contributed by atoms with Crippen LogP contribution in [0.15, 0.2) is 34.8 Å². The number of nitrogens with one attached hydrogen (secondary N) is 1. The Morgan fingerprint density at radius 1 is 1.29 bits per heavy atom. The molecule has 2 aromatic rings.